The fourth-order valence-electron chi connectivity index (χ4n) is 2.35. The predicted octanol–water partition coefficient (Wildman–Crippen LogP) is -0.527. The number of hydrogen-bond acceptors (Lipinski definition) is 4. The van der Waals surface area contributed by atoms with Crippen molar-refractivity contribution >= 4 is 11.7 Å². The maximum absolute atomic E-state index is 11.9. The number of nitrogens with zero attached hydrogens (tertiary/aromatic N) is 2. The highest BCUT2D eigenvalue weighted by atomic mass is 16.2. The van der Waals surface area contributed by atoms with Gasteiger partial charge in [0.25, 0.3) is 0 Å². The van der Waals surface area contributed by atoms with Gasteiger partial charge in [0.05, 0.1) is 0 Å². The molecule has 2 heterocycles. The van der Waals surface area contributed by atoms with Crippen LogP contribution in [-0.4, -0.2) is 67.3 Å². The van der Waals surface area contributed by atoms with Gasteiger partial charge in [-0.3, -0.25) is 9.59 Å². The average Bonchev–Trinajstić information content (AvgIpc) is 2.39. The topological polar surface area (TPSA) is 52.7 Å². The van der Waals surface area contributed by atoms with Crippen LogP contribution in [0.4, 0.5) is 0 Å². The molecule has 0 radical (unpaired) electrons. The number of rotatable bonds is 3. The van der Waals surface area contributed by atoms with E-state index in [4.69, 9.17) is 0 Å². The van der Waals surface area contributed by atoms with Crippen LogP contribution in [-0.2, 0) is 9.59 Å². The van der Waals surface area contributed by atoms with Crippen LogP contribution in [0.1, 0.15) is 19.3 Å². The molecule has 2 aliphatic rings. The van der Waals surface area contributed by atoms with Crippen molar-refractivity contribution in [3.63, 3.8) is 0 Å². The van der Waals surface area contributed by atoms with Crippen molar-refractivity contribution in [1.82, 2.24) is 15.1 Å². The minimum Gasteiger partial charge on any atom is -0.340 e. The summed E-state index contributed by atoms with van der Waals surface area (Å²) >= 11 is 0. The van der Waals surface area contributed by atoms with Gasteiger partial charge in [0.15, 0.2) is 0 Å². The highest BCUT2D eigenvalue weighted by Gasteiger charge is 2.19. The highest BCUT2D eigenvalue weighted by Crippen LogP contribution is 2.07. The minimum absolute atomic E-state index is 0.253. The maximum atomic E-state index is 11.9. The number of ketones is 1. The third-order valence-corrected chi connectivity index (χ3v) is 3.53. The van der Waals surface area contributed by atoms with Crippen molar-refractivity contribution in [1.29, 1.82) is 0 Å². The SMILES string of the molecule is O=C1CCN(CCC(=O)N2CCNCC2)CC1. The summed E-state index contributed by atoms with van der Waals surface area (Å²) in [5.74, 6) is 0.609. The van der Waals surface area contributed by atoms with E-state index < -0.39 is 0 Å². The van der Waals surface area contributed by atoms with E-state index in [0.29, 0.717) is 25.0 Å². The van der Waals surface area contributed by atoms with Crippen molar-refractivity contribution in [3.8, 4) is 0 Å². The Morgan fingerprint density at radius 2 is 1.76 bits per heavy atom. The van der Waals surface area contributed by atoms with E-state index in [1.807, 2.05) is 4.90 Å². The van der Waals surface area contributed by atoms with E-state index in [-0.39, 0.29) is 5.91 Å². The monoisotopic (exact) mass is 239 g/mol. The Bertz CT molecular complexity index is 277. The Kier molecular flexibility index (Phi) is 4.50. The second-order valence-corrected chi connectivity index (χ2v) is 4.76. The quantitative estimate of drug-likeness (QED) is 0.719. The summed E-state index contributed by atoms with van der Waals surface area (Å²) in [4.78, 5) is 27.2. The molecule has 0 bridgehead atoms. The number of likely N-dealkylation sites (tertiary alicyclic amines) is 1. The molecule has 2 aliphatic heterocycles. The number of piperazine rings is 1. The third kappa shape index (κ3) is 3.78. The van der Waals surface area contributed by atoms with E-state index in [2.05, 4.69) is 10.2 Å². The van der Waals surface area contributed by atoms with Crippen LogP contribution in [0, 0.1) is 0 Å². The number of amides is 1. The van der Waals surface area contributed by atoms with Crippen LogP contribution in [0.25, 0.3) is 0 Å². The lowest BCUT2D eigenvalue weighted by Crippen LogP contribution is -2.47. The number of hydrogen-bond donors (Lipinski definition) is 1. The number of nitrogens with one attached hydrogen (secondary N) is 1. The molecule has 1 N–H and O–H groups in total. The number of carbonyl (C=O) groups excluding carboxylic acids is 2. The molecule has 0 unspecified atom stereocenters. The van der Waals surface area contributed by atoms with Gasteiger partial charge in [-0.05, 0) is 0 Å². The average molecular weight is 239 g/mol. The van der Waals surface area contributed by atoms with Gasteiger partial charge < -0.3 is 15.1 Å². The van der Waals surface area contributed by atoms with Crippen molar-refractivity contribution < 1.29 is 9.59 Å². The molecule has 0 aromatic rings. The van der Waals surface area contributed by atoms with Crippen LogP contribution in [0.2, 0.25) is 0 Å². The van der Waals surface area contributed by atoms with Crippen LogP contribution < -0.4 is 5.32 Å². The van der Waals surface area contributed by atoms with Crippen LogP contribution in [0.3, 0.4) is 0 Å². The van der Waals surface area contributed by atoms with Crippen LogP contribution in [0.5, 0.6) is 0 Å². The standard InChI is InChI=1S/C12H21N3O2/c16-11-1-6-14(7-2-11)8-3-12(17)15-9-4-13-5-10-15/h13H,1-10H2. The summed E-state index contributed by atoms with van der Waals surface area (Å²) in [5, 5.41) is 3.24. The summed E-state index contributed by atoms with van der Waals surface area (Å²) in [6, 6.07) is 0. The summed E-state index contributed by atoms with van der Waals surface area (Å²) in [5.41, 5.74) is 0. The van der Waals surface area contributed by atoms with Gasteiger partial charge in [0.1, 0.15) is 5.78 Å². The van der Waals surface area contributed by atoms with Gasteiger partial charge in [-0.2, -0.15) is 0 Å². The first-order valence-electron chi connectivity index (χ1n) is 6.48. The predicted molar refractivity (Wildman–Crippen MR) is 64.7 cm³/mol. The first-order chi connectivity index (χ1) is 8.25. The molecular formula is C12H21N3O2. The van der Waals surface area contributed by atoms with E-state index in [1.54, 1.807) is 0 Å². The molecule has 0 saturated carbocycles. The van der Waals surface area contributed by atoms with E-state index >= 15 is 0 Å². The molecule has 2 saturated heterocycles. The summed E-state index contributed by atoms with van der Waals surface area (Å²) < 4.78 is 0. The van der Waals surface area contributed by atoms with Gasteiger partial charge in [-0.15, -0.1) is 0 Å². The molecular weight excluding hydrogens is 218 g/mol. The number of piperidine rings is 1. The van der Waals surface area contributed by atoms with Gasteiger partial charge in [0.2, 0.25) is 5.91 Å². The van der Waals surface area contributed by atoms with E-state index in [0.717, 1.165) is 45.8 Å². The lowest BCUT2D eigenvalue weighted by Gasteiger charge is -2.29. The zero-order valence-electron chi connectivity index (χ0n) is 10.3. The first kappa shape index (κ1) is 12.5. The van der Waals surface area contributed by atoms with E-state index in [1.165, 1.54) is 0 Å². The molecule has 17 heavy (non-hydrogen) atoms. The molecule has 2 rings (SSSR count). The van der Waals surface area contributed by atoms with Crippen molar-refractivity contribution in [2.75, 3.05) is 45.8 Å². The second kappa shape index (κ2) is 6.12. The smallest absolute Gasteiger partial charge is 0.223 e. The Balaban J connectivity index is 1.67. The molecule has 2 fully saturated rings. The summed E-state index contributed by atoms with van der Waals surface area (Å²) in [6.07, 6.45) is 1.90. The molecule has 0 spiro atoms. The zero-order chi connectivity index (χ0) is 12.1. The molecule has 96 valence electrons. The Morgan fingerprint density at radius 1 is 1.12 bits per heavy atom. The molecule has 0 aromatic carbocycles. The largest absolute Gasteiger partial charge is 0.340 e. The third-order valence-electron chi connectivity index (χ3n) is 3.53. The normalized spacial score (nSPS) is 22.8. The van der Waals surface area contributed by atoms with Crippen molar-refractivity contribution in [2.24, 2.45) is 0 Å². The van der Waals surface area contributed by atoms with Crippen LogP contribution in [0.15, 0.2) is 0 Å². The molecule has 0 aliphatic carbocycles. The van der Waals surface area contributed by atoms with Gasteiger partial charge in [-0.1, -0.05) is 0 Å². The molecule has 0 atom stereocenters. The fraction of sp³-hybridized carbons (Fsp3) is 0.833. The van der Waals surface area contributed by atoms with Crippen molar-refractivity contribution in [2.45, 2.75) is 19.3 Å². The molecule has 1 amide bonds. The fourth-order valence-corrected chi connectivity index (χ4v) is 2.35. The van der Waals surface area contributed by atoms with Crippen LogP contribution >= 0.6 is 0 Å². The molecule has 5 nitrogen and oxygen atoms in total. The Hall–Kier alpha value is -0.940. The number of carbonyl (C=O) groups is 2. The molecule has 0 aromatic heterocycles. The lowest BCUT2D eigenvalue weighted by atomic mass is 10.1. The van der Waals surface area contributed by atoms with Gasteiger partial charge in [-0.25, -0.2) is 0 Å². The van der Waals surface area contributed by atoms with Crippen molar-refractivity contribution in [3.05, 3.63) is 0 Å². The summed E-state index contributed by atoms with van der Waals surface area (Å²) in [7, 11) is 0. The van der Waals surface area contributed by atoms with Gasteiger partial charge in [0, 0.05) is 65.1 Å². The number of Topliss-reactive ketones (excluding diaryl/α,β-unsaturated/α-hetero) is 1. The lowest BCUT2D eigenvalue weighted by molar-refractivity contribution is -0.132. The Morgan fingerprint density at radius 3 is 2.41 bits per heavy atom. The minimum atomic E-state index is 0.253. The maximum Gasteiger partial charge on any atom is 0.223 e. The van der Waals surface area contributed by atoms with Gasteiger partial charge >= 0.3 is 0 Å². The second-order valence-electron chi connectivity index (χ2n) is 4.76. The Labute approximate surface area is 102 Å². The highest BCUT2D eigenvalue weighted by molar-refractivity contribution is 5.79. The zero-order valence-corrected chi connectivity index (χ0v) is 10.3. The summed E-state index contributed by atoms with van der Waals surface area (Å²) in [6.45, 7) is 5.93. The molecule has 5 heteroatoms. The first-order valence-corrected chi connectivity index (χ1v) is 6.48. The van der Waals surface area contributed by atoms with E-state index in [9.17, 15) is 9.59 Å².